The molecule has 2 aliphatic rings. The summed E-state index contributed by atoms with van der Waals surface area (Å²) in [4.78, 5) is 38.6. The number of amides is 3. The maximum Gasteiger partial charge on any atom is 0.282 e. The number of benzene rings is 2. The maximum absolute atomic E-state index is 12.4. The fourth-order valence-electron chi connectivity index (χ4n) is 2.81. The predicted octanol–water partition coefficient (Wildman–Crippen LogP) is 1.66. The van der Waals surface area contributed by atoms with Crippen molar-refractivity contribution in [3.8, 4) is 0 Å². The van der Waals surface area contributed by atoms with Gasteiger partial charge in [-0.1, -0.05) is 30.3 Å². The number of anilines is 1. The van der Waals surface area contributed by atoms with E-state index in [4.69, 9.17) is 0 Å². The van der Waals surface area contributed by atoms with Crippen molar-refractivity contribution in [3.63, 3.8) is 0 Å². The summed E-state index contributed by atoms with van der Waals surface area (Å²) in [5, 5.41) is 4.86. The van der Waals surface area contributed by atoms with E-state index in [-0.39, 0.29) is 11.6 Å². The van der Waals surface area contributed by atoms with Crippen LogP contribution >= 0.6 is 0 Å². The van der Waals surface area contributed by atoms with E-state index in [1.165, 1.54) is 4.90 Å². The average molecular weight is 305 g/mol. The molecule has 6 nitrogen and oxygen atoms in total. The second-order valence-electron chi connectivity index (χ2n) is 5.30. The summed E-state index contributed by atoms with van der Waals surface area (Å²) in [5.41, 5.74) is 2.00. The Kier molecular flexibility index (Phi) is 2.68. The standard InChI is InChI=1S/C17H11N3O3/c1-19-13-9-5-4-8-12(13)14(17(19)23)18-20-15(21)10-6-2-3-7-11(10)16(20)22/h2-9H,1H3/b18-14-. The Morgan fingerprint density at radius 1 is 0.739 bits per heavy atom. The molecule has 2 heterocycles. The summed E-state index contributed by atoms with van der Waals surface area (Å²) >= 11 is 0. The lowest BCUT2D eigenvalue weighted by molar-refractivity contribution is -0.112. The Hall–Kier alpha value is -3.28. The van der Waals surface area contributed by atoms with E-state index in [0.717, 1.165) is 5.01 Å². The summed E-state index contributed by atoms with van der Waals surface area (Å²) in [6.07, 6.45) is 0. The molecule has 6 heteroatoms. The smallest absolute Gasteiger partial charge is 0.282 e. The second kappa shape index (κ2) is 4.61. The molecule has 0 saturated heterocycles. The maximum atomic E-state index is 12.4. The number of nitrogens with zero attached hydrogens (tertiary/aromatic N) is 3. The molecule has 0 N–H and O–H groups in total. The first-order valence-corrected chi connectivity index (χ1v) is 7.03. The van der Waals surface area contributed by atoms with E-state index in [1.807, 2.05) is 6.07 Å². The highest BCUT2D eigenvalue weighted by Gasteiger charge is 2.38. The summed E-state index contributed by atoms with van der Waals surface area (Å²) in [6, 6.07) is 13.6. The summed E-state index contributed by atoms with van der Waals surface area (Å²) in [6.45, 7) is 0. The Bertz CT molecular complexity index is 882. The molecule has 0 fully saturated rings. The fourth-order valence-corrected chi connectivity index (χ4v) is 2.81. The number of hydrazone groups is 1. The normalized spacial score (nSPS) is 18.0. The lowest BCUT2D eigenvalue weighted by Gasteiger charge is -2.08. The average Bonchev–Trinajstić information content (AvgIpc) is 2.97. The molecule has 2 aromatic rings. The summed E-state index contributed by atoms with van der Waals surface area (Å²) in [5.74, 6) is -1.38. The van der Waals surface area contributed by atoms with Crippen molar-refractivity contribution in [1.82, 2.24) is 5.01 Å². The number of para-hydroxylation sites is 1. The highest BCUT2D eigenvalue weighted by molar-refractivity contribution is 6.54. The van der Waals surface area contributed by atoms with Gasteiger partial charge in [0.1, 0.15) is 0 Å². The molecular formula is C17H11N3O3. The van der Waals surface area contributed by atoms with Gasteiger partial charge in [-0.25, -0.2) is 0 Å². The van der Waals surface area contributed by atoms with Gasteiger partial charge >= 0.3 is 0 Å². The van der Waals surface area contributed by atoms with Gasteiger partial charge in [0.05, 0.1) is 16.8 Å². The minimum Gasteiger partial charge on any atom is -0.309 e. The zero-order valence-corrected chi connectivity index (χ0v) is 12.2. The van der Waals surface area contributed by atoms with Gasteiger partial charge in [-0.15, -0.1) is 0 Å². The first kappa shape index (κ1) is 13.4. The lowest BCUT2D eigenvalue weighted by atomic mass is 10.1. The Balaban J connectivity index is 1.82. The quantitative estimate of drug-likeness (QED) is 0.752. The molecule has 2 aromatic carbocycles. The van der Waals surface area contributed by atoms with E-state index >= 15 is 0 Å². The van der Waals surface area contributed by atoms with Crippen LogP contribution in [0.1, 0.15) is 26.3 Å². The van der Waals surface area contributed by atoms with E-state index in [9.17, 15) is 14.4 Å². The molecule has 2 aliphatic heterocycles. The van der Waals surface area contributed by atoms with Crippen molar-refractivity contribution in [3.05, 3.63) is 65.2 Å². The number of carbonyl (C=O) groups is 3. The molecule has 0 unspecified atom stereocenters. The number of carbonyl (C=O) groups excluding carboxylic acids is 3. The highest BCUT2D eigenvalue weighted by Crippen LogP contribution is 2.29. The largest absolute Gasteiger partial charge is 0.309 e. The Morgan fingerprint density at radius 3 is 1.87 bits per heavy atom. The monoisotopic (exact) mass is 305 g/mol. The Labute approximate surface area is 131 Å². The fraction of sp³-hybridized carbons (Fsp3) is 0.0588. The number of fused-ring (bicyclic) bond motifs is 2. The van der Waals surface area contributed by atoms with Crippen LogP contribution < -0.4 is 4.90 Å². The molecule has 0 aliphatic carbocycles. The van der Waals surface area contributed by atoms with Crippen molar-refractivity contribution in [2.75, 3.05) is 11.9 Å². The van der Waals surface area contributed by atoms with Crippen LogP contribution in [0.2, 0.25) is 0 Å². The van der Waals surface area contributed by atoms with E-state index < -0.39 is 11.8 Å². The molecule has 4 rings (SSSR count). The molecule has 0 aromatic heterocycles. The Morgan fingerprint density at radius 2 is 1.26 bits per heavy atom. The first-order chi connectivity index (χ1) is 11.1. The van der Waals surface area contributed by atoms with Gasteiger partial charge in [0.2, 0.25) is 0 Å². The van der Waals surface area contributed by atoms with Crippen LogP contribution in [0.25, 0.3) is 0 Å². The van der Waals surface area contributed by atoms with Crippen LogP contribution in [0.15, 0.2) is 53.6 Å². The highest BCUT2D eigenvalue weighted by atomic mass is 16.2. The van der Waals surface area contributed by atoms with E-state index in [2.05, 4.69) is 5.10 Å². The van der Waals surface area contributed by atoms with Gasteiger partial charge in [-0.2, -0.15) is 10.1 Å². The van der Waals surface area contributed by atoms with Crippen molar-refractivity contribution in [2.45, 2.75) is 0 Å². The van der Waals surface area contributed by atoms with Crippen molar-refractivity contribution in [1.29, 1.82) is 0 Å². The molecule has 0 bridgehead atoms. The minimum atomic E-state index is -0.516. The van der Waals surface area contributed by atoms with Gasteiger partial charge in [-0.05, 0) is 18.2 Å². The number of hydrogen-bond donors (Lipinski definition) is 0. The SMILES string of the molecule is CN1C(=O)/C(=N\N2C(=O)c3ccccc3C2=O)c2ccccc21. The summed E-state index contributed by atoms with van der Waals surface area (Å²) < 4.78 is 0. The van der Waals surface area contributed by atoms with Crippen LogP contribution in [0.3, 0.4) is 0 Å². The summed E-state index contributed by atoms with van der Waals surface area (Å²) in [7, 11) is 1.63. The molecule has 0 radical (unpaired) electrons. The topological polar surface area (TPSA) is 70.1 Å². The predicted molar refractivity (Wildman–Crippen MR) is 83.3 cm³/mol. The molecule has 0 spiro atoms. The van der Waals surface area contributed by atoms with Gasteiger partial charge in [-0.3, -0.25) is 14.4 Å². The third-order valence-electron chi connectivity index (χ3n) is 4.00. The van der Waals surface area contributed by atoms with Gasteiger partial charge in [0, 0.05) is 12.6 Å². The van der Waals surface area contributed by atoms with E-state index in [1.54, 1.807) is 49.5 Å². The molecule has 3 amide bonds. The molecule has 112 valence electrons. The third kappa shape index (κ3) is 1.75. The van der Waals surface area contributed by atoms with Gasteiger partial charge in [0.15, 0.2) is 5.71 Å². The van der Waals surface area contributed by atoms with Crippen LogP contribution in [-0.4, -0.2) is 35.5 Å². The zero-order chi connectivity index (χ0) is 16.1. The molecular weight excluding hydrogens is 294 g/mol. The lowest BCUT2D eigenvalue weighted by Crippen LogP contribution is -2.30. The number of likely N-dealkylation sites (N-methyl/N-ethyl adjacent to an activating group) is 1. The number of hydrogen-bond acceptors (Lipinski definition) is 4. The molecule has 0 atom stereocenters. The van der Waals surface area contributed by atoms with Gasteiger partial charge in [0.25, 0.3) is 17.7 Å². The van der Waals surface area contributed by atoms with Crippen LogP contribution in [-0.2, 0) is 4.79 Å². The second-order valence-corrected chi connectivity index (χ2v) is 5.30. The van der Waals surface area contributed by atoms with Crippen LogP contribution in [0, 0.1) is 0 Å². The van der Waals surface area contributed by atoms with Crippen molar-refractivity contribution < 1.29 is 14.4 Å². The van der Waals surface area contributed by atoms with Crippen molar-refractivity contribution in [2.24, 2.45) is 5.10 Å². The number of rotatable bonds is 1. The minimum absolute atomic E-state index is 0.0950. The van der Waals surface area contributed by atoms with Crippen molar-refractivity contribution >= 4 is 29.1 Å². The van der Waals surface area contributed by atoms with Gasteiger partial charge < -0.3 is 4.90 Å². The van der Waals surface area contributed by atoms with Crippen LogP contribution in [0.5, 0.6) is 0 Å². The van der Waals surface area contributed by atoms with Crippen LogP contribution in [0.4, 0.5) is 5.69 Å². The molecule has 0 saturated carbocycles. The third-order valence-corrected chi connectivity index (χ3v) is 4.00. The number of imide groups is 1. The molecule has 23 heavy (non-hydrogen) atoms. The van der Waals surface area contributed by atoms with E-state index in [0.29, 0.717) is 22.4 Å². The zero-order valence-electron chi connectivity index (χ0n) is 12.2. The first-order valence-electron chi connectivity index (χ1n) is 7.03.